The molecule has 0 radical (unpaired) electrons. The fourth-order valence-electron chi connectivity index (χ4n) is 1.53. The van der Waals surface area contributed by atoms with Gasteiger partial charge in [0.1, 0.15) is 6.04 Å². The molecule has 19 heavy (non-hydrogen) atoms. The molecular formula is C10H12KN2O6-. The number of carboxylic acids is 2. The van der Waals surface area contributed by atoms with Crippen molar-refractivity contribution in [3.8, 4) is 0 Å². The van der Waals surface area contributed by atoms with Gasteiger partial charge in [-0.2, -0.15) is 0 Å². The Morgan fingerprint density at radius 1 is 1.32 bits per heavy atom. The van der Waals surface area contributed by atoms with Gasteiger partial charge < -0.3 is 25.4 Å². The van der Waals surface area contributed by atoms with Crippen molar-refractivity contribution in [2.24, 2.45) is 4.99 Å². The second-order valence-corrected chi connectivity index (χ2v) is 3.89. The van der Waals surface area contributed by atoms with Gasteiger partial charge in [-0.3, -0.25) is 9.79 Å². The molecule has 2 heterocycles. The summed E-state index contributed by atoms with van der Waals surface area (Å²) in [4.78, 5) is 33.8. The van der Waals surface area contributed by atoms with Crippen LogP contribution < -0.4 is 66.9 Å². The molecule has 9 heteroatoms. The second kappa shape index (κ2) is 8.64. The predicted molar refractivity (Wildman–Crippen MR) is 54.3 cm³/mol. The van der Waals surface area contributed by atoms with Crippen molar-refractivity contribution >= 4 is 23.7 Å². The molecule has 2 aliphatic heterocycles. The molecule has 2 N–H and O–H groups in total. The van der Waals surface area contributed by atoms with Gasteiger partial charge in [0.25, 0.3) is 0 Å². The summed E-state index contributed by atoms with van der Waals surface area (Å²) in [7, 11) is 0. The largest absolute Gasteiger partial charge is 1.00 e. The maximum atomic E-state index is 10.4. The van der Waals surface area contributed by atoms with E-state index >= 15 is 0 Å². The first-order valence-corrected chi connectivity index (χ1v) is 5.37. The maximum absolute atomic E-state index is 10.4. The number of nitrogens with zero attached hydrogens (tertiary/aromatic N) is 1. The first-order chi connectivity index (χ1) is 8.40. The SMILES string of the molecule is O=C([O-])[C@@H]1CCC([O-])=N1.O=C1CC[C@@H](C(=O)O)N1.[K+]. The molecule has 0 spiro atoms. The number of aliphatic carboxylic acids is 2. The van der Waals surface area contributed by atoms with Gasteiger partial charge in [-0.25, -0.2) is 4.79 Å². The van der Waals surface area contributed by atoms with E-state index < -0.39 is 24.0 Å². The number of hydrogen-bond acceptors (Lipinski definition) is 6. The summed E-state index contributed by atoms with van der Waals surface area (Å²) in [6, 6.07) is -1.52. The van der Waals surface area contributed by atoms with E-state index in [1.54, 1.807) is 0 Å². The molecule has 0 bridgehead atoms. The Kier molecular flexibility index (Phi) is 8.42. The molecule has 0 saturated carbocycles. The number of amides is 1. The molecule has 0 aromatic heterocycles. The third-order valence-electron chi connectivity index (χ3n) is 2.50. The molecule has 1 amide bonds. The van der Waals surface area contributed by atoms with Crippen LogP contribution in [0.25, 0.3) is 0 Å². The van der Waals surface area contributed by atoms with Crippen LogP contribution in [-0.4, -0.2) is 40.9 Å². The van der Waals surface area contributed by atoms with E-state index in [-0.39, 0.29) is 69.6 Å². The van der Waals surface area contributed by atoms with Crippen molar-refractivity contribution in [1.82, 2.24) is 5.32 Å². The minimum atomic E-state index is -1.25. The molecule has 1 fully saturated rings. The average Bonchev–Trinajstić information content (AvgIpc) is 2.88. The van der Waals surface area contributed by atoms with E-state index in [4.69, 9.17) is 5.11 Å². The summed E-state index contributed by atoms with van der Waals surface area (Å²) in [5.41, 5.74) is 0. The smallest absolute Gasteiger partial charge is 0.862 e. The molecule has 2 rings (SSSR count). The van der Waals surface area contributed by atoms with Crippen molar-refractivity contribution in [3.05, 3.63) is 0 Å². The molecular weight excluding hydrogens is 283 g/mol. The molecule has 0 aromatic carbocycles. The van der Waals surface area contributed by atoms with E-state index in [0.29, 0.717) is 19.3 Å². The first-order valence-electron chi connectivity index (χ1n) is 5.37. The summed E-state index contributed by atoms with van der Waals surface area (Å²) in [6.45, 7) is 0. The molecule has 2 atom stereocenters. The predicted octanol–water partition coefficient (Wildman–Crippen LogP) is -5.99. The van der Waals surface area contributed by atoms with Crippen LogP contribution in [0.5, 0.6) is 0 Å². The van der Waals surface area contributed by atoms with Crippen LogP contribution >= 0.6 is 0 Å². The maximum Gasteiger partial charge on any atom is 1.00 e. The quantitative estimate of drug-likeness (QED) is 0.486. The fourth-order valence-corrected chi connectivity index (χ4v) is 1.53. The standard InChI is InChI=1S/2C5H7NO3.K/c2*7-4-2-1-3(6-4)5(8)9;/h2*3H,1-2H2,(H,6,7)(H,8,9);/q;;+1/p-2/t2*3-;/m00./s1. The molecule has 8 nitrogen and oxygen atoms in total. The molecule has 1 saturated heterocycles. The minimum absolute atomic E-state index is 0. The van der Waals surface area contributed by atoms with E-state index in [1.165, 1.54) is 0 Å². The Hall–Kier alpha value is -0.484. The van der Waals surface area contributed by atoms with E-state index in [2.05, 4.69) is 10.3 Å². The zero-order valence-corrected chi connectivity index (χ0v) is 13.5. The number of carboxylic acid groups (broad SMARTS) is 2. The average molecular weight is 295 g/mol. The number of rotatable bonds is 2. The third-order valence-corrected chi connectivity index (χ3v) is 2.50. The second-order valence-electron chi connectivity index (χ2n) is 3.89. The summed E-state index contributed by atoms with van der Waals surface area (Å²) in [5, 5.41) is 30.9. The van der Waals surface area contributed by atoms with Gasteiger partial charge in [-0.15, -0.1) is 0 Å². The zero-order valence-electron chi connectivity index (χ0n) is 10.4. The number of nitrogens with one attached hydrogen (secondary N) is 1. The van der Waals surface area contributed by atoms with Gasteiger partial charge in [-0.1, -0.05) is 0 Å². The molecule has 0 aliphatic carbocycles. The third kappa shape index (κ3) is 6.48. The molecule has 2 aliphatic rings. The molecule has 0 unspecified atom stereocenters. The Bertz CT molecular complexity index is 397. The van der Waals surface area contributed by atoms with Crippen molar-refractivity contribution in [1.29, 1.82) is 0 Å². The van der Waals surface area contributed by atoms with E-state index in [0.717, 1.165) is 0 Å². The van der Waals surface area contributed by atoms with Gasteiger partial charge in [0.15, 0.2) is 0 Å². The minimum Gasteiger partial charge on any atom is -0.862 e. The monoisotopic (exact) mass is 295 g/mol. The van der Waals surface area contributed by atoms with Crippen LogP contribution in [0.2, 0.25) is 0 Å². The summed E-state index contributed by atoms with van der Waals surface area (Å²) in [5.74, 6) is -2.69. The number of aliphatic imine (C=N–C) groups is 1. The van der Waals surface area contributed by atoms with Crippen molar-refractivity contribution < 1.29 is 81.1 Å². The van der Waals surface area contributed by atoms with Crippen LogP contribution in [-0.2, 0) is 14.4 Å². The van der Waals surface area contributed by atoms with Crippen molar-refractivity contribution in [3.63, 3.8) is 0 Å². The van der Waals surface area contributed by atoms with Crippen LogP contribution in [0.3, 0.4) is 0 Å². The van der Waals surface area contributed by atoms with E-state index in [1.807, 2.05) is 0 Å². The molecule has 100 valence electrons. The Balaban J connectivity index is 0.000000324. The van der Waals surface area contributed by atoms with Gasteiger partial charge in [0.05, 0.1) is 12.0 Å². The summed E-state index contributed by atoms with van der Waals surface area (Å²) >= 11 is 0. The van der Waals surface area contributed by atoms with Gasteiger partial charge >= 0.3 is 57.4 Å². The van der Waals surface area contributed by atoms with Crippen LogP contribution in [0.1, 0.15) is 25.7 Å². The van der Waals surface area contributed by atoms with Crippen molar-refractivity contribution in [2.45, 2.75) is 37.8 Å². The zero-order chi connectivity index (χ0) is 13.7. The Morgan fingerprint density at radius 2 is 1.95 bits per heavy atom. The van der Waals surface area contributed by atoms with Crippen molar-refractivity contribution in [2.75, 3.05) is 0 Å². The molecule has 0 aromatic rings. The fraction of sp³-hybridized carbons (Fsp3) is 0.600. The number of carbonyl (C=O) groups is 3. The van der Waals surface area contributed by atoms with Crippen LogP contribution in [0.4, 0.5) is 0 Å². The van der Waals surface area contributed by atoms with Gasteiger partial charge in [-0.05, 0) is 25.2 Å². The first kappa shape index (κ1) is 18.5. The normalized spacial score (nSPS) is 24.4. The van der Waals surface area contributed by atoms with Gasteiger partial charge in [0, 0.05) is 6.42 Å². The summed E-state index contributed by atoms with van der Waals surface area (Å²) in [6.07, 6.45) is 1.32. The van der Waals surface area contributed by atoms with E-state index in [9.17, 15) is 24.6 Å². The topological polar surface area (TPSA) is 142 Å². The number of carbonyl (C=O) groups excluding carboxylic acids is 2. The number of hydrogen-bond donors (Lipinski definition) is 2. The van der Waals surface area contributed by atoms with Gasteiger partial charge in [0.2, 0.25) is 5.91 Å². The van der Waals surface area contributed by atoms with Crippen LogP contribution in [0.15, 0.2) is 4.99 Å². The Morgan fingerprint density at radius 3 is 2.16 bits per heavy atom. The van der Waals surface area contributed by atoms with Crippen LogP contribution in [0, 0.1) is 0 Å². The summed E-state index contributed by atoms with van der Waals surface area (Å²) < 4.78 is 0. The Labute approximate surface area is 151 Å².